The Balaban J connectivity index is 0.944. The third kappa shape index (κ3) is 20.8. The van der Waals surface area contributed by atoms with Gasteiger partial charge in [0, 0.05) is 66.0 Å². The predicted octanol–water partition coefficient (Wildman–Crippen LogP) is 0.564. The zero-order chi connectivity index (χ0) is 57.3. The van der Waals surface area contributed by atoms with Gasteiger partial charge in [-0.25, -0.2) is 10.3 Å². The van der Waals surface area contributed by atoms with Crippen LogP contribution in [0.15, 0.2) is 0 Å². The molecule has 0 bridgehead atoms. The molecule has 0 saturated heterocycles. The number of aliphatic hydroxyl groups excluding tert-OH is 2. The Hall–Kier alpha value is -4.60. The fraction of sp³-hybridized carbons (Fsp3) is 0.849. The molecule has 0 spiro atoms. The lowest BCUT2D eigenvalue weighted by Gasteiger charge is -2.63. The highest BCUT2D eigenvalue weighted by Gasteiger charge is 2.66. The van der Waals surface area contributed by atoms with Crippen molar-refractivity contribution >= 4 is 47.4 Å². The van der Waals surface area contributed by atoms with E-state index < -0.39 is 60.4 Å². The number of fused-ring (bicyclic) bond motifs is 5. The first-order chi connectivity index (χ1) is 37.2. The van der Waals surface area contributed by atoms with E-state index in [2.05, 4.69) is 52.8 Å². The fourth-order valence-corrected chi connectivity index (χ4v) is 12.6. The lowest BCUT2D eigenvalue weighted by molar-refractivity contribution is -0.212. The van der Waals surface area contributed by atoms with E-state index in [1.165, 1.54) is 14.2 Å². The standard InChI is InChI=1S/C53H90N6O19/c1-33(8-15-48(68)69)36-9-10-37-50-38(29-41(61)53(36,37)3)52(2)17-16-35(27-34(52)28-40(50)60)78-59-44(64)14-13-42(62)55-19-21-74-23-25-76-31-46(66)56-20-22-75-24-26-77-32-47(67)58-39(51(70)71)11-12-43(63)57-30-45(65)54-18-6-7-49(72-4)73-5/h33-41,49-50,60-61H,6-32H2,1-5H3,(H,54,65)(H,55,62)(H,56,66)(H,57,63)(H,58,67)(H,59,64)(H,68,69)(H,70,71)/t33-,34+,35+,36-,37?,38+,39+,40-,41+,50+,52+,53-/m1/s1. The van der Waals surface area contributed by atoms with Gasteiger partial charge in [0.05, 0.1) is 64.5 Å². The van der Waals surface area contributed by atoms with Crippen molar-refractivity contribution in [1.82, 2.24) is 32.1 Å². The average molecular weight is 1120 g/mol. The van der Waals surface area contributed by atoms with Crippen molar-refractivity contribution in [2.24, 2.45) is 46.3 Å². The van der Waals surface area contributed by atoms with Crippen LogP contribution < -0.4 is 32.1 Å². The molecule has 4 aliphatic carbocycles. The third-order valence-electron chi connectivity index (χ3n) is 16.8. The molecule has 78 heavy (non-hydrogen) atoms. The monoisotopic (exact) mass is 1110 g/mol. The van der Waals surface area contributed by atoms with E-state index in [1.54, 1.807) is 0 Å². The van der Waals surface area contributed by atoms with Crippen molar-refractivity contribution < 1.29 is 92.0 Å². The number of nitrogens with one attached hydrogen (secondary N) is 6. The summed E-state index contributed by atoms with van der Waals surface area (Å²) >= 11 is 0. The van der Waals surface area contributed by atoms with E-state index in [-0.39, 0.29) is 169 Å². The van der Waals surface area contributed by atoms with E-state index >= 15 is 0 Å². The quantitative estimate of drug-likeness (QED) is 0.0229. The Bertz CT molecular complexity index is 1930. The van der Waals surface area contributed by atoms with Crippen molar-refractivity contribution in [2.45, 2.75) is 148 Å². The second kappa shape index (κ2) is 33.9. The van der Waals surface area contributed by atoms with Crippen molar-refractivity contribution in [3.8, 4) is 0 Å². The van der Waals surface area contributed by atoms with Gasteiger partial charge in [-0.15, -0.1) is 0 Å². The van der Waals surface area contributed by atoms with Gasteiger partial charge in [0.2, 0.25) is 35.4 Å². The molecule has 0 radical (unpaired) electrons. The summed E-state index contributed by atoms with van der Waals surface area (Å²) in [6.45, 7) is 7.11. The van der Waals surface area contributed by atoms with Crippen LogP contribution in [0.5, 0.6) is 0 Å². The maximum Gasteiger partial charge on any atom is 0.326 e. The van der Waals surface area contributed by atoms with Crippen LogP contribution in [0.3, 0.4) is 0 Å². The molecular weight excluding hydrogens is 1020 g/mol. The number of hydrogen-bond acceptors (Lipinski definition) is 17. The molecule has 1 unspecified atom stereocenters. The SMILES string of the molecule is COC(CCCNC(=O)CNC(=O)CC[C@H](NC(=O)COCCOCCNC(=O)COCCOCCNC(=O)CCC(=O)NO[C@H]1CC[C@@]2(C)[C@@H](C1)C[C@@H](O)[C@H]1C3CC[C@H]([C@H](C)CCC(=O)O)[C@@]3(C)[C@@H](O)C[C@@H]12)C(=O)O)OC. The van der Waals surface area contributed by atoms with Gasteiger partial charge in [0.1, 0.15) is 19.3 Å². The molecule has 0 aromatic heterocycles. The molecule has 0 aliphatic heterocycles. The van der Waals surface area contributed by atoms with Crippen LogP contribution in [-0.2, 0) is 71.6 Å². The highest BCUT2D eigenvalue weighted by molar-refractivity contribution is 5.87. The van der Waals surface area contributed by atoms with Crippen LogP contribution in [-0.4, -0.2) is 192 Å². The molecule has 6 amide bonds. The van der Waals surface area contributed by atoms with Crippen molar-refractivity contribution in [1.29, 1.82) is 0 Å². The Kier molecular flexibility index (Phi) is 28.6. The van der Waals surface area contributed by atoms with Gasteiger partial charge in [-0.05, 0) is 111 Å². The smallest absolute Gasteiger partial charge is 0.326 e. The molecule has 10 N–H and O–H groups in total. The second-order valence-corrected chi connectivity index (χ2v) is 21.7. The minimum absolute atomic E-state index is 0.0113. The van der Waals surface area contributed by atoms with Crippen molar-refractivity contribution in [3.05, 3.63) is 0 Å². The zero-order valence-corrected chi connectivity index (χ0v) is 46.4. The highest BCUT2D eigenvalue weighted by Crippen LogP contribution is 2.68. The maximum absolute atomic E-state index is 12.7. The Morgan fingerprint density at radius 2 is 1.23 bits per heavy atom. The largest absolute Gasteiger partial charge is 0.481 e. The van der Waals surface area contributed by atoms with Gasteiger partial charge < -0.3 is 75.4 Å². The van der Waals surface area contributed by atoms with Gasteiger partial charge in [-0.3, -0.25) is 38.4 Å². The first-order valence-electron chi connectivity index (χ1n) is 27.7. The molecule has 0 aromatic rings. The lowest BCUT2D eigenvalue weighted by Crippen LogP contribution is -2.62. The molecule has 25 nitrogen and oxygen atoms in total. The Morgan fingerprint density at radius 1 is 0.615 bits per heavy atom. The zero-order valence-electron chi connectivity index (χ0n) is 46.4. The number of carboxylic acids is 2. The molecule has 0 heterocycles. The van der Waals surface area contributed by atoms with E-state index in [0.717, 1.165) is 25.7 Å². The van der Waals surface area contributed by atoms with Gasteiger partial charge >= 0.3 is 11.9 Å². The van der Waals surface area contributed by atoms with Crippen LogP contribution in [0.4, 0.5) is 0 Å². The molecule has 4 saturated carbocycles. The Morgan fingerprint density at radius 3 is 1.88 bits per heavy atom. The second-order valence-electron chi connectivity index (χ2n) is 21.7. The number of hydroxylamine groups is 1. The van der Waals surface area contributed by atoms with Gasteiger partial charge in [-0.2, -0.15) is 0 Å². The summed E-state index contributed by atoms with van der Waals surface area (Å²) in [5, 5.41) is 55.0. The third-order valence-corrected chi connectivity index (χ3v) is 16.8. The van der Waals surface area contributed by atoms with Crippen LogP contribution in [0.2, 0.25) is 0 Å². The van der Waals surface area contributed by atoms with Crippen molar-refractivity contribution in [3.63, 3.8) is 0 Å². The van der Waals surface area contributed by atoms with E-state index in [0.29, 0.717) is 45.1 Å². The number of rotatable bonds is 38. The number of carbonyl (C=O) groups is 8. The molecule has 0 aromatic carbocycles. The van der Waals surface area contributed by atoms with Crippen LogP contribution >= 0.6 is 0 Å². The summed E-state index contributed by atoms with van der Waals surface area (Å²) in [5.74, 6) is -4.02. The van der Waals surface area contributed by atoms with E-state index in [9.17, 15) is 58.8 Å². The minimum Gasteiger partial charge on any atom is -0.481 e. The molecule has 4 fully saturated rings. The van der Waals surface area contributed by atoms with Crippen molar-refractivity contribution in [2.75, 3.05) is 93.3 Å². The molecule has 446 valence electrons. The normalized spacial score (nSPS) is 27.0. The number of carbonyl (C=O) groups excluding carboxylic acids is 6. The predicted molar refractivity (Wildman–Crippen MR) is 277 cm³/mol. The number of aliphatic carboxylic acids is 2. The summed E-state index contributed by atoms with van der Waals surface area (Å²) in [7, 11) is 3.02. The van der Waals surface area contributed by atoms with Gasteiger partial charge in [0.25, 0.3) is 0 Å². The first kappa shape index (κ1) is 65.9. The molecule has 25 heteroatoms. The number of hydrogen-bond donors (Lipinski definition) is 10. The average Bonchev–Trinajstić information content (AvgIpc) is 3.91. The van der Waals surface area contributed by atoms with Gasteiger partial charge in [0.15, 0.2) is 6.29 Å². The van der Waals surface area contributed by atoms with Gasteiger partial charge in [-0.1, -0.05) is 20.8 Å². The lowest BCUT2D eigenvalue weighted by atomic mass is 9.43. The highest BCUT2D eigenvalue weighted by atomic mass is 16.7. The molecular formula is C53H90N6O19. The summed E-state index contributed by atoms with van der Waals surface area (Å²) in [6.07, 6.45) is 4.96. The summed E-state index contributed by atoms with van der Waals surface area (Å²) in [5.41, 5.74) is 2.07. The van der Waals surface area contributed by atoms with Crippen LogP contribution in [0.1, 0.15) is 117 Å². The molecule has 4 aliphatic rings. The summed E-state index contributed by atoms with van der Waals surface area (Å²) in [4.78, 5) is 102. The first-order valence-corrected chi connectivity index (χ1v) is 27.7. The van der Waals surface area contributed by atoms with E-state index in [4.69, 9.17) is 33.3 Å². The Labute approximate surface area is 457 Å². The number of ether oxygens (including phenoxy) is 6. The molecule has 12 atom stereocenters. The molecule has 4 rings (SSSR count). The summed E-state index contributed by atoms with van der Waals surface area (Å²) in [6, 6.07) is -1.35. The summed E-state index contributed by atoms with van der Waals surface area (Å²) < 4.78 is 31.5. The topological polar surface area (TPSA) is 354 Å². The maximum atomic E-state index is 12.7. The number of methoxy groups -OCH3 is 2. The fourth-order valence-electron chi connectivity index (χ4n) is 12.6. The van der Waals surface area contributed by atoms with Crippen LogP contribution in [0, 0.1) is 46.3 Å². The van der Waals surface area contributed by atoms with Crippen LogP contribution in [0.25, 0.3) is 0 Å². The minimum atomic E-state index is -1.35. The number of amides is 6. The number of aliphatic hydroxyl groups is 2. The number of carboxylic acid groups (broad SMARTS) is 2. The van der Waals surface area contributed by atoms with E-state index in [1.807, 2.05) is 0 Å².